The summed E-state index contributed by atoms with van der Waals surface area (Å²) in [6, 6.07) is 6.58. The lowest BCUT2D eigenvalue weighted by atomic mass is 9.80. The van der Waals surface area contributed by atoms with Crippen LogP contribution >= 0.6 is 24.8 Å². The molecule has 4 rings (SSSR count). The molecule has 3 amide bonds. The molecule has 2 aliphatic rings. The zero-order valence-corrected chi connectivity index (χ0v) is 28.1. The topological polar surface area (TPSA) is 111 Å². The summed E-state index contributed by atoms with van der Waals surface area (Å²) in [6.45, 7) is 12.4. The first-order chi connectivity index (χ1) is 19.4. The van der Waals surface area contributed by atoms with Crippen LogP contribution in [0.4, 0.5) is 0 Å². The fraction of sp³-hybridized carbons (Fsp3) is 0.613. The molecule has 2 aliphatic heterocycles. The highest BCUT2D eigenvalue weighted by Gasteiger charge is 2.54. The third kappa shape index (κ3) is 7.19. The zero-order chi connectivity index (χ0) is 30.1. The highest BCUT2D eigenvalue weighted by Crippen LogP contribution is 2.35. The molecule has 240 valence electrons. The van der Waals surface area contributed by atoms with Crippen molar-refractivity contribution in [2.24, 2.45) is 5.92 Å². The van der Waals surface area contributed by atoms with Gasteiger partial charge < -0.3 is 20.2 Å². The summed E-state index contributed by atoms with van der Waals surface area (Å²) in [5.41, 5.74) is 3.77. The molecule has 0 unspecified atom stereocenters. The molecule has 1 aromatic carbocycles. The van der Waals surface area contributed by atoms with E-state index in [-0.39, 0.29) is 48.5 Å². The third-order valence-electron chi connectivity index (χ3n) is 8.79. The fourth-order valence-corrected chi connectivity index (χ4v) is 6.06. The molecule has 2 N–H and O–H groups in total. The first kappa shape index (κ1) is 36.5. The number of rotatable bonds is 9. The van der Waals surface area contributed by atoms with Gasteiger partial charge in [-0.05, 0) is 63.3 Å². The number of halogens is 2. The van der Waals surface area contributed by atoms with Gasteiger partial charge in [-0.15, -0.1) is 24.8 Å². The molecule has 2 saturated heterocycles. The lowest BCUT2D eigenvalue weighted by Crippen LogP contribution is -2.74. The Morgan fingerprint density at radius 1 is 1.12 bits per heavy atom. The van der Waals surface area contributed by atoms with Crippen LogP contribution in [0.1, 0.15) is 73.8 Å². The molecule has 0 radical (unpaired) electrons. The number of piperazine rings is 1. The molecule has 2 fully saturated rings. The Balaban J connectivity index is 0.00000323. The van der Waals surface area contributed by atoms with Crippen LogP contribution in [0.15, 0.2) is 24.3 Å². The number of carbonyl (C=O) groups is 3. The lowest BCUT2D eigenvalue weighted by molar-refractivity contribution is -0.165. The van der Waals surface area contributed by atoms with Crippen LogP contribution in [0, 0.1) is 19.8 Å². The van der Waals surface area contributed by atoms with Crippen LogP contribution < -0.4 is 5.32 Å². The fourth-order valence-electron chi connectivity index (χ4n) is 6.06. The Morgan fingerprint density at radius 2 is 1.72 bits per heavy atom. The molecule has 0 aliphatic carbocycles. The quantitative estimate of drug-likeness (QED) is 0.435. The number of benzene rings is 1. The molecule has 0 saturated carbocycles. The van der Waals surface area contributed by atoms with Crippen LogP contribution in [0.2, 0.25) is 0 Å². The number of likely N-dealkylation sites (tertiary alicyclic amines) is 1. The average molecular weight is 640 g/mol. The number of nitrogens with one attached hydrogen (secondary N) is 1. The van der Waals surface area contributed by atoms with Gasteiger partial charge in [-0.25, -0.2) is 4.68 Å². The van der Waals surface area contributed by atoms with E-state index < -0.39 is 17.7 Å². The molecular formula is C31H48Cl2N6O4. The smallest absolute Gasteiger partial charge is 0.253 e. The van der Waals surface area contributed by atoms with E-state index in [0.29, 0.717) is 44.6 Å². The number of carbonyl (C=O) groups excluding carboxylic acids is 3. The van der Waals surface area contributed by atoms with E-state index in [2.05, 4.69) is 24.1 Å². The minimum atomic E-state index is -0.917. The van der Waals surface area contributed by atoms with Gasteiger partial charge in [0.05, 0.1) is 17.5 Å². The first-order valence-electron chi connectivity index (χ1n) is 14.8. The molecule has 2 atom stereocenters. The van der Waals surface area contributed by atoms with Crippen molar-refractivity contribution < 1.29 is 19.5 Å². The number of piperidine rings is 1. The van der Waals surface area contributed by atoms with Crippen LogP contribution in [-0.4, -0.2) is 98.7 Å². The van der Waals surface area contributed by atoms with Crippen LogP contribution in [0.3, 0.4) is 0 Å². The van der Waals surface area contributed by atoms with Gasteiger partial charge in [0.15, 0.2) is 0 Å². The standard InChI is InChI=1S/C31H46N6O4.2ClH/c1-8-9-16-36-29(40)26(27(38)20(2)3)32-30(41)31(36)14-17-35(18-15-31)19-25-21(4)33-37(22(25)5)24-12-10-23(11-13-24)28(39)34(6)7;;/h10-13,20,26-27,38H,8-9,14-19H2,1-7H3,(H,32,41);2*1H/t26-,27-;;/m1../s1. The van der Waals surface area contributed by atoms with Gasteiger partial charge in [0, 0.05) is 57.1 Å². The Morgan fingerprint density at radius 3 is 2.26 bits per heavy atom. The molecule has 1 aromatic heterocycles. The summed E-state index contributed by atoms with van der Waals surface area (Å²) < 4.78 is 1.92. The Bertz CT molecular complexity index is 1270. The number of amides is 3. The number of hydrogen-bond donors (Lipinski definition) is 2. The maximum atomic E-state index is 13.6. The van der Waals surface area contributed by atoms with Gasteiger partial charge in [-0.1, -0.05) is 27.2 Å². The predicted molar refractivity (Wildman–Crippen MR) is 172 cm³/mol. The number of hydrogen-bond acceptors (Lipinski definition) is 6. The van der Waals surface area contributed by atoms with Crippen molar-refractivity contribution in [2.45, 2.75) is 84.5 Å². The summed E-state index contributed by atoms with van der Waals surface area (Å²) in [5, 5.41) is 18.4. The van der Waals surface area contributed by atoms with Gasteiger partial charge in [-0.2, -0.15) is 5.10 Å². The van der Waals surface area contributed by atoms with Crippen LogP contribution in [0.5, 0.6) is 0 Å². The minimum Gasteiger partial charge on any atom is -0.390 e. The Kier molecular flexibility index (Phi) is 12.6. The van der Waals surface area contributed by atoms with E-state index in [4.69, 9.17) is 5.10 Å². The number of aliphatic hydroxyl groups is 1. The summed E-state index contributed by atoms with van der Waals surface area (Å²) in [5.74, 6) is -0.492. The average Bonchev–Trinajstić information content (AvgIpc) is 3.23. The van der Waals surface area contributed by atoms with Crippen molar-refractivity contribution in [3.05, 3.63) is 46.8 Å². The Labute approximate surface area is 268 Å². The maximum Gasteiger partial charge on any atom is 0.253 e. The second kappa shape index (κ2) is 14.9. The molecule has 10 nitrogen and oxygen atoms in total. The van der Waals surface area contributed by atoms with Gasteiger partial charge in [0.1, 0.15) is 11.6 Å². The molecule has 43 heavy (non-hydrogen) atoms. The SMILES string of the molecule is CCCCN1C(=O)[C@@H]([C@H](O)C(C)C)NC(=O)C12CCN(Cc1c(C)nn(-c3ccc(C(=O)N(C)C)cc3)c1C)CC2.Cl.Cl. The van der Waals surface area contributed by atoms with Crippen molar-refractivity contribution in [2.75, 3.05) is 33.7 Å². The monoisotopic (exact) mass is 638 g/mol. The van der Waals surface area contributed by atoms with E-state index in [1.807, 2.05) is 49.7 Å². The molecule has 1 spiro atoms. The molecule has 0 bridgehead atoms. The van der Waals surface area contributed by atoms with E-state index in [0.717, 1.165) is 35.5 Å². The molecule has 2 aromatic rings. The maximum absolute atomic E-state index is 13.6. The second-order valence-corrected chi connectivity index (χ2v) is 12.1. The summed E-state index contributed by atoms with van der Waals surface area (Å²) >= 11 is 0. The van der Waals surface area contributed by atoms with Crippen LogP contribution in [0.25, 0.3) is 5.69 Å². The normalized spacial score (nSPS) is 19.1. The zero-order valence-electron chi connectivity index (χ0n) is 26.4. The van der Waals surface area contributed by atoms with Crippen molar-refractivity contribution >= 4 is 42.5 Å². The Hall–Kier alpha value is -2.66. The van der Waals surface area contributed by atoms with Gasteiger partial charge in [-0.3, -0.25) is 19.3 Å². The summed E-state index contributed by atoms with van der Waals surface area (Å²) in [6.07, 6.45) is 1.91. The highest BCUT2D eigenvalue weighted by atomic mass is 35.5. The molecule has 12 heteroatoms. The summed E-state index contributed by atoms with van der Waals surface area (Å²) in [7, 11) is 3.47. The number of nitrogens with zero attached hydrogens (tertiary/aromatic N) is 5. The molecule has 3 heterocycles. The second-order valence-electron chi connectivity index (χ2n) is 12.1. The van der Waals surface area contributed by atoms with Crippen LogP contribution in [-0.2, 0) is 16.1 Å². The van der Waals surface area contributed by atoms with Crippen molar-refractivity contribution in [3.63, 3.8) is 0 Å². The van der Waals surface area contributed by atoms with E-state index in [1.54, 1.807) is 23.9 Å². The predicted octanol–water partition coefficient (Wildman–Crippen LogP) is 3.51. The van der Waals surface area contributed by atoms with Gasteiger partial charge >= 0.3 is 0 Å². The highest BCUT2D eigenvalue weighted by molar-refractivity contribution is 6.00. The van der Waals surface area contributed by atoms with Gasteiger partial charge in [0.2, 0.25) is 11.8 Å². The van der Waals surface area contributed by atoms with E-state index in [1.165, 1.54) is 0 Å². The lowest BCUT2D eigenvalue weighted by Gasteiger charge is -2.52. The largest absolute Gasteiger partial charge is 0.390 e. The van der Waals surface area contributed by atoms with E-state index in [9.17, 15) is 19.5 Å². The summed E-state index contributed by atoms with van der Waals surface area (Å²) in [4.78, 5) is 45.1. The minimum absolute atomic E-state index is 0. The molecular weight excluding hydrogens is 591 g/mol. The van der Waals surface area contributed by atoms with Crippen molar-refractivity contribution in [1.82, 2.24) is 29.8 Å². The van der Waals surface area contributed by atoms with Gasteiger partial charge in [0.25, 0.3) is 5.91 Å². The number of unbranched alkanes of at least 4 members (excludes halogenated alkanes) is 1. The van der Waals surface area contributed by atoms with Crippen molar-refractivity contribution in [3.8, 4) is 5.69 Å². The number of aliphatic hydroxyl groups excluding tert-OH is 1. The van der Waals surface area contributed by atoms with Crippen molar-refractivity contribution in [1.29, 1.82) is 0 Å². The number of aromatic nitrogens is 2. The van der Waals surface area contributed by atoms with E-state index >= 15 is 0 Å². The third-order valence-corrected chi connectivity index (χ3v) is 8.79. The first-order valence-corrected chi connectivity index (χ1v) is 14.8. The number of aryl methyl sites for hydroxylation is 1.